The zero-order chi connectivity index (χ0) is 22.5. The topological polar surface area (TPSA) is 26.3 Å². The molecular formula is C28H40ClFO2. The second-order valence-electron chi connectivity index (χ2n) is 10.9. The molecule has 0 atom stereocenters. The van der Waals surface area contributed by atoms with Gasteiger partial charge >= 0.3 is 5.97 Å². The standard InChI is InChI=1S/C28H40ClFO2/c1-2-3-19-4-6-20(7-5-19)21-8-10-22(11-9-21)23-12-14-24(15-13-23)28(31)32-25-16-17-27(30)26(29)18-25/h16-24H,2-15H2,1H3/t19-,20-,21-,22-,23-,24-. The van der Waals surface area contributed by atoms with Gasteiger partial charge in [-0.25, -0.2) is 4.39 Å². The van der Waals surface area contributed by atoms with Crippen molar-refractivity contribution in [2.24, 2.45) is 35.5 Å². The van der Waals surface area contributed by atoms with E-state index >= 15 is 0 Å². The van der Waals surface area contributed by atoms with Crippen LogP contribution in [-0.2, 0) is 4.79 Å². The third kappa shape index (κ3) is 6.07. The van der Waals surface area contributed by atoms with Crippen LogP contribution < -0.4 is 4.74 Å². The molecule has 1 aromatic rings. The molecule has 0 unspecified atom stereocenters. The minimum atomic E-state index is -0.495. The highest BCUT2D eigenvalue weighted by molar-refractivity contribution is 6.30. The van der Waals surface area contributed by atoms with Gasteiger partial charge < -0.3 is 4.74 Å². The van der Waals surface area contributed by atoms with Crippen molar-refractivity contribution in [2.75, 3.05) is 0 Å². The second-order valence-corrected chi connectivity index (χ2v) is 11.3. The molecule has 2 nitrogen and oxygen atoms in total. The average Bonchev–Trinajstić information content (AvgIpc) is 2.82. The third-order valence-electron chi connectivity index (χ3n) is 8.95. The van der Waals surface area contributed by atoms with Gasteiger partial charge in [-0.3, -0.25) is 4.79 Å². The summed E-state index contributed by atoms with van der Waals surface area (Å²) in [5, 5.41) is -0.0105. The molecule has 3 aliphatic carbocycles. The van der Waals surface area contributed by atoms with Crippen molar-refractivity contribution in [1.29, 1.82) is 0 Å². The predicted molar refractivity (Wildman–Crippen MR) is 128 cm³/mol. The van der Waals surface area contributed by atoms with Crippen LogP contribution >= 0.6 is 11.6 Å². The zero-order valence-corrected chi connectivity index (χ0v) is 20.4. The lowest BCUT2D eigenvalue weighted by Gasteiger charge is -2.41. The summed E-state index contributed by atoms with van der Waals surface area (Å²) in [5.41, 5.74) is 0. The van der Waals surface area contributed by atoms with Crippen LogP contribution in [0.5, 0.6) is 5.75 Å². The Bertz CT molecular complexity index is 742. The Labute approximate surface area is 198 Å². The van der Waals surface area contributed by atoms with E-state index in [9.17, 15) is 9.18 Å². The molecule has 0 aliphatic heterocycles. The van der Waals surface area contributed by atoms with Gasteiger partial charge in [0.2, 0.25) is 0 Å². The molecule has 0 heterocycles. The molecule has 0 aromatic heterocycles. The number of benzene rings is 1. The van der Waals surface area contributed by atoms with Crippen LogP contribution in [0.4, 0.5) is 4.39 Å². The minimum absolute atomic E-state index is 0.0105. The quantitative estimate of drug-likeness (QED) is 0.312. The highest BCUT2D eigenvalue weighted by Gasteiger charge is 2.36. The van der Waals surface area contributed by atoms with Crippen LogP contribution in [0.1, 0.15) is 96.8 Å². The van der Waals surface area contributed by atoms with Crippen molar-refractivity contribution in [3.63, 3.8) is 0 Å². The predicted octanol–water partition coefficient (Wildman–Crippen LogP) is 8.60. The molecule has 0 spiro atoms. The number of hydrogen-bond acceptors (Lipinski definition) is 2. The third-order valence-corrected chi connectivity index (χ3v) is 9.24. The van der Waals surface area contributed by atoms with Gasteiger partial charge in [0.25, 0.3) is 0 Å². The van der Waals surface area contributed by atoms with Crippen LogP contribution in [0.15, 0.2) is 18.2 Å². The van der Waals surface area contributed by atoms with E-state index in [-0.39, 0.29) is 16.9 Å². The van der Waals surface area contributed by atoms with Crippen LogP contribution in [0.2, 0.25) is 5.02 Å². The molecule has 3 fully saturated rings. The Morgan fingerprint density at radius 1 is 0.875 bits per heavy atom. The van der Waals surface area contributed by atoms with E-state index in [2.05, 4.69) is 6.92 Å². The summed E-state index contributed by atoms with van der Waals surface area (Å²) in [6.07, 6.45) is 18.5. The van der Waals surface area contributed by atoms with E-state index in [4.69, 9.17) is 16.3 Å². The summed E-state index contributed by atoms with van der Waals surface area (Å²) in [5.74, 6) is 4.23. The first-order chi connectivity index (χ1) is 15.5. The highest BCUT2D eigenvalue weighted by Crippen LogP contribution is 2.46. The summed E-state index contributed by atoms with van der Waals surface area (Å²) in [6, 6.07) is 4.10. The van der Waals surface area contributed by atoms with Gasteiger partial charge in [0, 0.05) is 6.07 Å². The summed E-state index contributed by atoms with van der Waals surface area (Å²) in [4.78, 5) is 12.6. The smallest absolute Gasteiger partial charge is 0.314 e. The summed E-state index contributed by atoms with van der Waals surface area (Å²) < 4.78 is 18.8. The van der Waals surface area contributed by atoms with Gasteiger partial charge in [0.1, 0.15) is 11.6 Å². The van der Waals surface area contributed by atoms with Gasteiger partial charge in [-0.2, -0.15) is 0 Å². The normalized spacial score (nSPS) is 33.6. The fourth-order valence-corrected chi connectivity index (χ4v) is 7.18. The Morgan fingerprint density at radius 2 is 1.38 bits per heavy atom. The Balaban J connectivity index is 1.17. The molecule has 0 saturated heterocycles. The molecule has 3 aliphatic rings. The van der Waals surface area contributed by atoms with Gasteiger partial charge in [0.15, 0.2) is 0 Å². The van der Waals surface area contributed by atoms with E-state index in [0.29, 0.717) is 5.75 Å². The Kier molecular flexibility index (Phi) is 8.54. The maximum Gasteiger partial charge on any atom is 0.314 e. The number of esters is 1. The largest absolute Gasteiger partial charge is 0.426 e. The lowest BCUT2D eigenvalue weighted by molar-refractivity contribution is -0.140. The summed E-state index contributed by atoms with van der Waals surface area (Å²) >= 11 is 5.80. The first kappa shape index (κ1) is 24.0. The van der Waals surface area contributed by atoms with Gasteiger partial charge in [-0.15, -0.1) is 0 Å². The van der Waals surface area contributed by atoms with Gasteiger partial charge in [0.05, 0.1) is 10.9 Å². The molecule has 178 valence electrons. The van der Waals surface area contributed by atoms with E-state index in [0.717, 1.165) is 55.3 Å². The lowest BCUT2D eigenvalue weighted by Crippen LogP contribution is -2.31. The van der Waals surface area contributed by atoms with Crippen LogP contribution in [0.3, 0.4) is 0 Å². The van der Waals surface area contributed by atoms with Crippen molar-refractivity contribution in [2.45, 2.75) is 96.8 Å². The number of rotatable bonds is 6. The number of halogens is 2. The van der Waals surface area contributed by atoms with Crippen molar-refractivity contribution in [3.05, 3.63) is 29.0 Å². The van der Waals surface area contributed by atoms with Crippen LogP contribution in [0.25, 0.3) is 0 Å². The fourth-order valence-electron chi connectivity index (χ4n) is 7.01. The lowest BCUT2D eigenvalue weighted by atomic mass is 9.65. The second kappa shape index (κ2) is 11.4. The molecule has 0 N–H and O–H groups in total. The molecule has 4 rings (SSSR count). The maximum absolute atomic E-state index is 13.3. The Morgan fingerprint density at radius 3 is 1.88 bits per heavy atom. The monoisotopic (exact) mass is 462 g/mol. The minimum Gasteiger partial charge on any atom is -0.426 e. The first-order valence-electron chi connectivity index (χ1n) is 13.2. The maximum atomic E-state index is 13.3. The average molecular weight is 463 g/mol. The highest BCUT2D eigenvalue weighted by atomic mass is 35.5. The number of ether oxygens (including phenoxy) is 1. The van der Waals surface area contributed by atoms with Crippen LogP contribution in [-0.4, -0.2) is 5.97 Å². The van der Waals surface area contributed by atoms with E-state index < -0.39 is 5.82 Å². The van der Waals surface area contributed by atoms with Crippen molar-refractivity contribution >= 4 is 17.6 Å². The molecular weight excluding hydrogens is 423 g/mol. The zero-order valence-electron chi connectivity index (χ0n) is 19.7. The number of carbonyl (C=O) groups is 1. The molecule has 4 heteroatoms. The molecule has 0 amide bonds. The number of carbonyl (C=O) groups excluding carboxylic acids is 1. The van der Waals surface area contributed by atoms with Gasteiger partial charge in [-0.05, 0) is 106 Å². The van der Waals surface area contributed by atoms with Gasteiger partial charge in [-0.1, -0.05) is 44.2 Å². The van der Waals surface area contributed by atoms with E-state index in [1.165, 1.54) is 82.4 Å². The van der Waals surface area contributed by atoms with Crippen LogP contribution in [0, 0.1) is 41.3 Å². The van der Waals surface area contributed by atoms with E-state index in [1.807, 2.05) is 0 Å². The fraction of sp³-hybridized carbons (Fsp3) is 0.750. The molecule has 1 aromatic carbocycles. The summed E-state index contributed by atoms with van der Waals surface area (Å²) in [6.45, 7) is 2.32. The summed E-state index contributed by atoms with van der Waals surface area (Å²) in [7, 11) is 0. The van der Waals surface area contributed by atoms with Crippen molar-refractivity contribution in [3.8, 4) is 5.75 Å². The molecule has 3 saturated carbocycles. The number of hydrogen-bond donors (Lipinski definition) is 0. The van der Waals surface area contributed by atoms with Crippen molar-refractivity contribution in [1.82, 2.24) is 0 Å². The molecule has 0 bridgehead atoms. The first-order valence-corrected chi connectivity index (χ1v) is 13.6. The SMILES string of the molecule is CCC[C@H]1CC[C@H]([C@H]2CC[C@H]([C@H]3CC[C@H](C(=O)Oc4ccc(F)c(Cl)c4)CC3)CC2)CC1. The van der Waals surface area contributed by atoms with E-state index in [1.54, 1.807) is 0 Å². The molecule has 0 radical (unpaired) electrons. The Hall–Kier alpha value is -1.09. The molecule has 32 heavy (non-hydrogen) atoms. The van der Waals surface area contributed by atoms with Crippen molar-refractivity contribution < 1.29 is 13.9 Å².